The van der Waals surface area contributed by atoms with E-state index in [0.29, 0.717) is 5.95 Å². The highest BCUT2D eigenvalue weighted by Gasteiger charge is 2.23. The van der Waals surface area contributed by atoms with Gasteiger partial charge in [0.25, 0.3) is 0 Å². The van der Waals surface area contributed by atoms with Gasteiger partial charge in [0.15, 0.2) is 5.65 Å². The van der Waals surface area contributed by atoms with Crippen LogP contribution in [0.4, 0.5) is 5.95 Å². The lowest BCUT2D eigenvalue weighted by Crippen LogP contribution is -2.37. The van der Waals surface area contributed by atoms with Crippen LogP contribution in [0.1, 0.15) is 0 Å². The molecule has 2 aromatic rings. The molecule has 0 bridgehead atoms. The zero-order chi connectivity index (χ0) is 11.7. The van der Waals surface area contributed by atoms with Gasteiger partial charge in [-0.05, 0) is 12.1 Å². The summed E-state index contributed by atoms with van der Waals surface area (Å²) in [5.41, 5.74) is 0.719. The van der Waals surface area contributed by atoms with Crippen LogP contribution in [0.2, 0.25) is 0 Å². The number of fused-ring (bicyclic) bond motifs is 1. The van der Waals surface area contributed by atoms with E-state index in [9.17, 15) is 4.79 Å². The number of nitrogens with zero attached hydrogens (tertiary/aromatic N) is 3. The van der Waals surface area contributed by atoms with Gasteiger partial charge in [0.1, 0.15) is 0 Å². The highest BCUT2D eigenvalue weighted by atomic mass is 32.2. The second kappa shape index (κ2) is 4.34. The zero-order valence-electron chi connectivity index (χ0n) is 8.96. The SMILES string of the molecule is O=C(Nc1nnc2ccccn12)C1CSCN1. The number of rotatable bonds is 2. The zero-order valence-corrected chi connectivity index (χ0v) is 9.78. The first-order valence-corrected chi connectivity index (χ1v) is 6.42. The number of thioether (sulfide) groups is 1. The minimum Gasteiger partial charge on any atom is -0.296 e. The molecule has 2 N–H and O–H groups in total. The van der Waals surface area contributed by atoms with Gasteiger partial charge in [-0.2, -0.15) is 0 Å². The minimum atomic E-state index is -0.143. The van der Waals surface area contributed by atoms with Crippen molar-refractivity contribution in [2.45, 2.75) is 6.04 Å². The van der Waals surface area contributed by atoms with Crippen LogP contribution in [0.5, 0.6) is 0 Å². The van der Waals surface area contributed by atoms with Gasteiger partial charge in [-0.15, -0.1) is 22.0 Å². The van der Waals surface area contributed by atoms with Crippen LogP contribution in [0.15, 0.2) is 24.4 Å². The molecule has 1 aliphatic rings. The summed E-state index contributed by atoms with van der Waals surface area (Å²) in [4.78, 5) is 11.9. The predicted octanol–water partition coefficient (Wildman–Crippen LogP) is 0.330. The van der Waals surface area contributed by atoms with Crippen molar-refractivity contribution in [2.75, 3.05) is 16.9 Å². The summed E-state index contributed by atoms with van der Waals surface area (Å²) in [5.74, 6) is 2.01. The van der Waals surface area contributed by atoms with Gasteiger partial charge in [0.05, 0.1) is 6.04 Å². The molecule has 2 aromatic heterocycles. The molecule has 0 aliphatic carbocycles. The summed E-state index contributed by atoms with van der Waals surface area (Å²) in [5, 5.41) is 13.8. The smallest absolute Gasteiger partial charge is 0.244 e. The van der Waals surface area contributed by atoms with E-state index in [1.54, 1.807) is 16.2 Å². The summed E-state index contributed by atoms with van der Waals surface area (Å²) >= 11 is 1.71. The number of anilines is 1. The molecule has 3 rings (SSSR count). The van der Waals surface area contributed by atoms with Crippen molar-refractivity contribution in [3.05, 3.63) is 24.4 Å². The van der Waals surface area contributed by atoms with Crippen LogP contribution < -0.4 is 10.6 Å². The summed E-state index contributed by atoms with van der Waals surface area (Å²) < 4.78 is 1.75. The maximum absolute atomic E-state index is 11.9. The lowest BCUT2D eigenvalue weighted by Gasteiger charge is -2.08. The monoisotopic (exact) mass is 249 g/mol. The molecule has 0 spiro atoms. The fourth-order valence-electron chi connectivity index (χ4n) is 1.69. The van der Waals surface area contributed by atoms with Crippen LogP contribution in [-0.4, -0.2) is 38.2 Å². The number of hydrogen-bond acceptors (Lipinski definition) is 5. The molecular formula is C10H11N5OS. The Morgan fingerprint density at radius 2 is 2.47 bits per heavy atom. The van der Waals surface area contributed by atoms with E-state index in [2.05, 4.69) is 20.8 Å². The van der Waals surface area contributed by atoms with Crippen molar-refractivity contribution in [1.82, 2.24) is 19.9 Å². The van der Waals surface area contributed by atoms with Crippen LogP contribution >= 0.6 is 11.8 Å². The average Bonchev–Trinajstić information content (AvgIpc) is 2.98. The van der Waals surface area contributed by atoms with Crippen molar-refractivity contribution in [2.24, 2.45) is 0 Å². The molecule has 1 saturated heterocycles. The molecule has 1 aliphatic heterocycles. The Morgan fingerprint density at radius 1 is 1.53 bits per heavy atom. The average molecular weight is 249 g/mol. The van der Waals surface area contributed by atoms with Crippen LogP contribution in [0.25, 0.3) is 5.65 Å². The van der Waals surface area contributed by atoms with Crippen LogP contribution in [-0.2, 0) is 4.79 Å². The summed E-state index contributed by atoms with van der Waals surface area (Å²) in [6, 6.07) is 5.45. The Kier molecular flexibility index (Phi) is 2.69. The number of nitrogens with one attached hydrogen (secondary N) is 2. The topological polar surface area (TPSA) is 71.3 Å². The van der Waals surface area contributed by atoms with Crippen molar-refractivity contribution in [3.63, 3.8) is 0 Å². The number of carbonyl (C=O) groups is 1. The van der Waals surface area contributed by atoms with Crippen molar-refractivity contribution in [3.8, 4) is 0 Å². The summed E-state index contributed by atoms with van der Waals surface area (Å²) in [6.07, 6.45) is 1.82. The molecular weight excluding hydrogens is 238 g/mol. The quantitative estimate of drug-likeness (QED) is 0.802. The number of pyridine rings is 1. The van der Waals surface area contributed by atoms with E-state index in [-0.39, 0.29) is 11.9 Å². The highest BCUT2D eigenvalue weighted by Crippen LogP contribution is 2.12. The molecule has 1 unspecified atom stereocenters. The van der Waals surface area contributed by atoms with Gasteiger partial charge in [-0.3, -0.25) is 19.8 Å². The third kappa shape index (κ3) is 1.98. The number of carbonyl (C=O) groups excluding carboxylic acids is 1. The lowest BCUT2D eigenvalue weighted by molar-refractivity contribution is -0.117. The third-order valence-corrected chi connectivity index (χ3v) is 3.52. The Morgan fingerprint density at radius 3 is 3.29 bits per heavy atom. The fraction of sp³-hybridized carbons (Fsp3) is 0.300. The van der Waals surface area contributed by atoms with Crippen molar-refractivity contribution in [1.29, 1.82) is 0 Å². The van der Waals surface area contributed by atoms with Crippen LogP contribution in [0, 0.1) is 0 Å². The fourth-order valence-corrected chi connectivity index (χ4v) is 2.63. The maximum atomic E-state index is 11.9. The third-order valence-electron chi connectivity index (χ3n) is 2.58. The van der Waals surface area contributed by atoms with Gasteiger partial charge >= 0.3 is 0 Å². The van der Waals surface area contributed by atoms with E-state index in [1.165, 1.54) is 0 Å². The first-order chi connectivity index (χ1) is 8.34. The normalized spacial score (nSPS) is 19.6. The standard InChI is InChI=1S/C10H11N5OS/c16-9(7-5-17-6-11-7)12-10-14-13-8-3-1-2-4-15(8)10/h1-4,7,11H,5-6H2,(H,12,14,16). The number of hydrogen-bond donors (Lipinski definition) is 2. The molecule has 1 fully saturated rings. The largest absolute Gasteiger partial charge is 0.296 e. The number of aromatic nitrogens is 3. The van der Waals surface area contributed by atoms with E-state index in [0.717, 1.165) is 17.3 Å². The highest BCUT2D eigenvalue weighted by molar-refractivity contribution is 7.99. The van der Waals surface area contributed by atoms with E-state index in [4.69, 9.17) is 0 Å². The van der Waals surface area contributed by atoms with Gasteiger partial charge < -0.3 is 0 Å². The minimum absolute atomic E-state index is 0.0619. The van der Waals surface area contributed by atoms with Gasteiger partial charge in [-0.25, -0.2) is 0 Å². The van der Waals surface area contributed by atoms with Crippen molar-refractivity contribution >= 4 is 29.3 Å². The van der Waals surface area contributed by atoms with Gasteiger partial charge in [0, 0.05) is 17.8 Å². The van der Waals surface area contributed by atoms with E-state index in [1.807, 2.05) is 24.4 Å². The Hall–Kier alpha value is -1.60. The maximum Gasteiger partial charge on any atom is 0.244 e. The first kappa shape index (κ1) is 10.5. The Balaban J connectivity index is 1.82. The second-order valence-corrected chi connectivity index (χ2v) is 4.74. The Labute approximate surface area is 102 Å². The van der Waals surface area contributed by atoms with E-state index >= 15 is 0 Å². The predicted molar refractivity (Wildman–Crippen MR) is 65.9 cm³/mol. The van der Waals surface area contributed by atoms with Crippen LogP contribution in [0.3, 0.4) is 0 Å². The first-order valence-electron chi connectivity index (χ1n) is 5.26. The molecule has 1 atom stereocenters. The summed E-state index contributed by atoms with van der Waals surface area (Å²) in [7, 11) is 0. The molecule has 0 aromatic carbocycles. The lowest BCUT2D eigenvalue weighted by atomic mass is 10.3. The molecule has 3 heterocycles. The molecule has 0 radical (unpaired) electrons. The second-order valence-electron chi connectivity index (χ2n) is 3.71. The van der Waals surface area contributed by atoms with Crippen molar-refractivity contribution < 1.29 is 4.79 Å². The molecule has 1 amide bonds. The van der Waals surface area contributed by atoms with Gasteiger partial charge in [-0.1, -0.05) is 6.07 Å². The Bertz CT molecular complexity index is 548. The summed E-state index contributed by atoms with van der Waals surface area (Å²) in [6.45, 7) is 0. The molecule has 0 saturated carbocycles. The molecule has 17 heavy (non-hydrogen) atoms. The van der Waals surface area contributed by atoms with Gasteiger partial charge in [0.2, 0.25) is 11.9 Å². The molecule has 7 heteroatoms. The number of amides is 1. The van der Waals surface area contributed by atoms with E-state index < -0.39 is 0 Å². The molecule has 88 valence electrons. The molecule has 6 nitrogen and oxygen atoms in total.